The smallest absolute Gasteiger partial charge is 0.313 e. The van der Waals surface area contributed by atoms with Gasteiger partial charge in [0.2, 0.25) is 0 Å². The Labute approximate surface area is 128 Å². The lowest BCUT2D eigenvalue weighted by atomic mass is 10.1. The van der Waals surface area contributed by atoms with E-state index in [-0.39, 0.29) is 0 Å². The second kappa shape index (κ2) is 7.04. The highest BCUT2D eigenvalue weighted by Crippen LogP contribution is 2.17. The average Bonchev–Trinajstić information content (AvgIpc) is 2.97. The largest absolute Gasteiger partial charge is 0.347 e. The number of thiophene rings is 1. The quantitative estimate of drug-likeness (QED) is 0.853. The summed E-state index contributed by atoms with van der Waals surface area (Å²) in [5, 5.41) is 9.29. The Bertz CT molecular complexity index is 636. The number of anilines is 1. The maximum Gasteiger partial charge on any atom is 0.313 e. The van der Waals surface area contributed by atoms with E-state index in [1.807, 2.05) is 42.8 Å². The van der Waals surface area contributed by atoms with E-state index in [2.05, 4.69) is 10.6 Å². The molecule has 0 unspecified atom stereocenters. The van der Waals surface area contributed by atoms with E-state index in [0.717, 1.165) is 23.1 Å². The SMILES string of the molecule is Cc1cccc(NC(=O)C(=O)NCCc2ccsc2)c1C. The van der Waals surface area contributed by atoms with Gasteiger partial charge in [0.1, 0.15) is 0 Å². The van der Waals surface area contributed by atoms with Gasteiger partial charge in [-0.3, -0.25) is 9.59 Å². The van der Waals surface area contributed by atoms with Crippen molar-refractivity contribution in [1.82, 2.24) is 5.32 Å². The van der Waals surface area contributed by atoms with Crippen molar-refractivity contribution >= 4 is 28.8 Å². The van der Waals surface area contributed by atoms with Gasteiger partial charge in [0.25, 0.3) is 0 Å². The van der Waals surface area contributed by atoms with E-state index in [1.165, 1.54) is 0 Å². The molecule has 21 heavy (non-hydrogen) atoms. The van der Waals surface area contributed by atoms with Gasteiger partial charge in [-0.15, -0.1) is 0 Å². The number of hydrogen-bond acceptors (Lipinski definition) is 3. The highest BCUT2D eigenvalue weighted by Gasteiger charge is 2.14. The van der Waals surface area contributed by atoms with Crippen LogP contribution in [0.25, 0.3) is 0 Å². The topological polar surface area (TPSA) is 58.2 Å². The number of amides is 2. The van der Waals surface area contributed by atoms with E-state index in [0.29, 0.717) is 12.2 Å². The maximum atomic E-state index is 11.8. The number of aryl methyl sites for hydroxylation is 1. The lowest BCUT2D eigenvalue weighted by Gasteiger charge is -2.10. The molecule has 0 saturated carbocycles. The summed E-state index contributed by atoms with van der Waals surface area (Å²) in [7, 11) is 0. The molecule has 0 aliphatic carbocycles. The minimum atomic E-state index is -0.631. The molecule has 2 rings (SSSR count). The van der Waals surface area contributed by atoms with Gasteiger partial charge < -0.3 is 10.6 Å². The van der Waals surface area contributed by atoms with Crippen LogP contribution in [-0.2, 0) is 16.0 Å². The molecule has 0 spiro atoms. The van der Waals surface area contributed by atoms with Crippen molar-refractivity contribution in [2.45, 2.75) is 20.3 Å². The Morgan fingerprint density at radius 3 is 2.67 bits per heavy atom. The normalized spacial score (nSPS) is 10.2. The zero-order valence-corrected chi connectivity index (χ0v) is 12.9. The molecule has 2 N–H and O–H groups in total. The highest BCUT2D eigenvalue weighted by molar-refractivity contribution is 7.07. The first-order valence-electron chi connectivity index (χ1n) is 6.74. The summed E-state index contributed by atoms with van der Waals surface area (Å²) in [6.07, 6.45) is 0.728. The number of carbonyl (C=O) groups excluding carboxylic acids is 2. The molecule has 0 aliphatic heterocycles. The summed E-state index contributed by atoms with van der Waals surface area (Å²) in [6, 6.07) is 7.62. The lowest BCUT2D eigenvalue weighted by Crippen LogP contribution is -2.36. The number of hydrogen-bond donors (Lipinski definition) is 2. The van der Waals surface area contributed by atoms with Crippen LogP contribution in [-0.4, -0.2) is 18.4 Å². The monoisotopic (exact) mass is 302 g/mol. The van der Waals surface area contributed by atoms with Crippen LogP contribution in [0.2, 0.25) is 0 Å². The van der Waals surface area contributed by atoms with E-state index >= 15 is 0 Å². The Morgan fingerprint density at radius 2 is 1.95 bits per heavy atom. The van der Waals surface area contributed by atoms with E-state index < -0.39 is 11.8 Å². The van der Waals surface area contributed by atoms with Crippen molar-refractivity contribution in [1.29, 1.82) is 0 Å². The van der Waals surface area contributed by atoms with Crippen LogP contribution in [0.4, 0.5) is 5.69 Å². The molecular weight excluding hydrogens is 284 g/mol. The minimum Gasteiger partial charge on any atom is -0.347 e. The van der Waals surface area contributed by atoms with Crippen LogP contribution in [0, 0.1) is 13.8 Å². The first-order chi connectivity index (χ1) is 10.1. The molecule has 0 atom stereocenters. The molecule has 0 aliphatic rings. The van der Waals surface area contributed by atoms with Crippen LogP contribution >= 0.6 is 11.3 Å². The lowest BCUT2D eigenvalue weighted by molar-refractivity contribution is -0.136. The zero-order chi connectivity index (χ0) is 15.2. The molecule has 0 saturated heterocycles. The Hall–Kier alpha value is -2.14. The van der Waals surface area contributed by atoms with Gasteiger partial charge in [0, 0.05) is 12.2 Å². The van der Waals surface area contributed by atoms with Crippen molar-refractivity contribution in [3.63, 3.8) is 0 Å². The summed E-state index contributed by atoms with van der Waals surface area (Å²) < 4.78 is 0. The second-order valence-corrected chi connectivity index (χ2v) is 5.62. The average molecular weight is 302 g/mol. The third-order valence-electron chi connectivity index (χ3n) is 3.34. The van der Waals surface area contributed by atoms with Crippen molar-refractivity contribution < 1.29 is 9.59 Å². The molecule has 0 bridgehead atoms. The maximum absolute atomic E-state index is 11.8. The first kappa shape index (κ1) is 15.3. The van der Waals surface area contributed by atoms with E-state index in [1.54, 1.807) is 17.4 Å². The van der Waals surface area contributed by atoms with Crippen LogP contribution < -0.4 is 10.6 Å². The molecule has 4 nitrogen and oxygen atoms in total. The number of nitrogens with one attached hydrogen (secondary N) is 2. The molecule has 2 amide bonds. The van der Waals surface area contributed by atoms with Crippen molar-refractivity contribution in [3.8, 4) is 0 Å². The zero-order valence-electron chi connectivity index (χ0n) is 12.1. The first-order valence-corrected chi connectivity index (χ1v) is 7.68. The summed E-state index contributed by atoms with van der Waals surface area (Å²) in [5.74, 6) is -1.24. The summed E-state index contributed by atoms with van der Waals surface area (Å²) in [6.45, 7) is 4.33. The van der Waals surface area contributed by atoms with Gasteiger partial charge >= 0.3 is 11.8 Å². The Kier molecular flexibility index (Phi) is 5.11. The fourth-order valence-electron chi connectivity index (χ4n) is 1.90. The van der Waals surface area contributed by atoms with Crippen LogP contribution in [0.5, 0.6) is 0 Å². The second-order valence-electron chi connectivity index (χ2n) is 4.84. The van der Waals surface area contributed by atoms with Gasteiger partial charge in [-0.25, -0.2) is 0 Å². The number of benzene rings is 1. The molecule has 2 aromatic rings. The number of rotatable bonds is 4. The summed E-state index contributed by atoms with van der Waals surface area (Å²) >= 11 is 1.62. The van der Waals surface area contributed by atoms with Gasteiger partial charge in [0.15, 0.2) is 0 Å². The molecule has 1 aromatic heterocycles. The predicted molar refractivity (Wildman–Crippen MR) is 85.6 cm³/mol. The summed E-state index contributed by atoms with van der Waals surface area (Å²) in [5.41, 5.74) is 3.88. The predicted octanol–water partition coefficient (Wildman–Crippen LogP) is 2.66. The fraction of sp³-hybridized carbons (Fsp3) is 0.250. The third kappa shape index (κ3) is 4.16. The Balaban J connectivity index is 1.85. The van der Waals surface area contributed by atoms with Crippen molar-refractivity contribution in [3.05, 3.63) is 51.7 Å². The van der Waals surface area contributed by atoms with Gasteiger partial charge in [-0.1, -0.05) is 12.1 Å². The van der Waals surface area contributed by atoms with Gasteiger partial charge in [0.05, 0.1) is 0 Å². The molecule has 110 valence electrons. The minimum absolute atomic E-state index is 0.454. The van der Waals surface area contributed by atoms with Crippen LogP contribution in [0.3, 0.4) is 0 Å². The van der Waals surface area contributed by atoms with Crippen LogP contribution in [0.15, 0.2) is 35.0 Å². The van der Waals surface area contributed by atoms with Crippen molar-refractivity contribution in [2.24, 2.45) is 0 Å². The summed E-state index contributed by atoms with van der Waals surface area (Å²) in [4.78, 5) is 23.6. The molecule has 0 radical (unpaired) electrons. The molecule has 1 aromatic carbocycles. The third-order valence-corrected chi connectivity index (χ3v) is 4.07. The van der Waals surface area contributed by atoms with Crippen LogP contribution in [0.1, 0.15) is 16.7 Å². The Morgan fingerprint density at radius 1 is 1.14 bits per heavy atom. The molecule has 5 heteroatoms. The highest BCUT2D eigenvalue weighted by atomic mass is 32.1. The standard InChI is InChI=1S/C16H18N2O2S/c1-11-4-3-5-14(12(11)2)18-16(20)15(19)17-8-6-13-7-9-21-10-13/h3-5,7,9-10H,6,8H2,1-2H3,(H,17,19)(H,18,20). The molecular formula is C16H18N2O2S. The molecule has 0 fully saturated rings. The fourth-order valence-corrected chi connectivity index (χ4v) is 2.60. The van der Waals surface area contributed by atoms with Gasteiger partial charge in [-0.05, 0) is 59.9 Å². The van der Waals surface area contributed by atoms with E-state index in [9.17, 15) is 9.59 Å². The molecule has 1 heterocycles. The van der Waals surface area contributed by atoms with Crippen molar-refractivity contribution in [2.75, 3.05) is 11.9 Å². The van der Waals surface area contributed by atoms with E-state index in [4.69, 9.17) is 0 Å². The van der Waals surface area contributed by atoms with Gasteiger partial charge in [-0.2, -0.15) is 11.3 Å². The number of carbonyl (C=O) groups is 2.